The summed E-state index contributed by atoms with van der Waals surface area (Å²) in [5.41, 5.74) is 4.62. The Hall–Kier alpha value is -2.78. The number of nitrogens with one attached hydrogen (secondary N) is 1. The van der Waals surface area contributed by atoms with Crippen LogP contribution in [-0.2, 0) is 9.84 Å². The molecule has 3 aromatic heterocycles. The first kappa shape index (κ1) is 21.1. The molecule has 0 aliphatic rings. The zero-order valence-electron chi connectivity index (χ0n) is 16.5. The summed E-state index contributed by atoms with van der Waals surface area (Å²) < 4.78 is 24.1. The molecule has 5 rings (SSSR count). The number of thiophene rings is 1. The van der Waals surface area contributed by atoms with Crippen molar-refractivity contribution in [3.8, 4) is 33.0 Å². The maximum absolute atomic E-state index is 11.9. The minimum Gasteiger partial charge on any atom is -0.284 e. The molecule has 0 amide bonds. The van der Waals surface area contributed by atoms with E-state index in [1.807, 2.05) is 24.3 Å². The van der Waals surface area contributed by atoms with Gasteiger partial charge in [0, 0.05) is 34.0 Å². The summed E-state index contributed by atoms with van der Waals surface area (Å²) in [5, 5.41) is 9.17. The Labute approximate surface area is 197 Å². The number of sulfone groups is 1. The second-order valence-corrected chi connectivity index (χ2v) is 11.3. The fourth-order valence-corrected chi connectivity index (χ4v) is 5.90. The fourth-order valence-electron chi connectivity index (χ4n) is 3.46. The van der Waals surface area contributed by atoms with Crippen LogP contribution in [0.25, 0.3) is 43.9 Å². The van der Waals surface area contributed by atoms with Gasteiger partial charge in [-0.2, -0.15) is 5.10 Å². The third-order valence-electron chi connectivity index (χ3n) is 4.95. The maximum atomic E-state index is 11.9. The zero-order chi connectivity index (χ0) is 22.5. The van der Waals surface area contributed by atoms with Crippen molar-refractivity contribution in [2.45, 2.75) is 4.21 Å². The first-order valence-corrected chi connectivity index (χ1v) is 12.8. The van der Waals surface area contributed by atoms with Gasteiger partial charge in [-0.05, 0) is 48.0 Å². The molecule has 6 nitrogen and oxygen atoms in total. The number of benzene rings is 2. The number of hydrogen-bond donors (Lipinski definition) is 1. The molecule has 0 aliphatic heterocycles. The van der Waals surface area contributed by atoms with Crippen LogP contribution in [-0.4, -0.2) is 34.8 Å². The van der Waals surface area contributed by atoms with Gasteiger partial charge in [0.1, 0.15) is 16.2 Å². The van der Waals surface area contributed by atoms with Crippen molar-refractivity contribution in [1.29, 1.82) is 0 Å². The first-order chi connectivity index (χ1) is 15.3. The number of aromatic amines is 1. The van der Waals surface area contributed by atoms with Crippen molar-refractivity contribution in [1.82, 2.24) is 20.2 Å². The maximum Gasteiger partial charge on any atom is 0.184 e. The minimum atomic E-state index is -3.29. The van der Waals surface area contributed by atoms with E-state index in [1.54, 1.807) is 30.5 Å². The highest BCUT2D eigenvalue weighted by Gasteiger charge is 2.17. The number of halogens is 2. The van der Waals surface area contributed by atoms with Gasteiger partial charge in [-0.25, -0.2) is 18.4 Å². The lowest BCUT2D eigenvalue weighted by atomic mass is 9.99. The summed E-state index contributed by atoms with van der Waals surface area (Å²) in [5.74, 6) is 0. The average molecular weight is 501 g/mol. The smallest absolute Gasteiger partial charge is 0.184 e. The van der Waals surface area contributed by atoms with Crippen LogP contribution in [0.4, 0.5) is 0 Å². The number of aromatic nitrogens is 4. The molecule has 0 unspecified atom stereocenters. The minimum absolute atomic E-state index is 0.296. The standard InChI is InChI=1S/C22H14Cl2N4O2S2/c1-32(29,30)20-7-6-19(31-20)22-15-8-12(2-5-18(15)25-11-26-22)16-10-27-28-21(16)14-4-3-13(23)9-17(14)24/h2-11H,1H3,(H,27,28). The van der Waals surface area contributed by atoms with Crippen LogP contribution in [0.15, 0.2) is 65.3 Å². The molecule has 10 heteroatoms. The SMILES string of the molecule is CS(=O)(=O)c1ccc(-c2ncnc3ccc(-c4c[nH]nc4-c4ccc(Cl)cc4Cl)cc23)s1. The molecular formula is C22H14Cl2N4O2S2. The van der Waals surface area contributed by atoms with E-state index in [2.05, 4.69) is 20.2 Å². The number of fused-ring (bicyclic) bond motifs is 1. The Kier molecular flexibility index (Phi) is 5.25. The van der Waals surface area contributed by atoms with Crippen LogP contribution >= 0.6 is 34.5 Å². The molecule has 3 heterocycles. The molecule has 1 N–H and O–H groups in total. The van der Waals surface area contributed by atoms with Crippen molar-refractivity contribution < 1.29 is 8.42 Å². The number of H-pyrrole nitrogens is 1. The van der Waals surface area contributed by atoms with Crippen LogP contribution < -0.4 is 0 Å². The van der Waals surface area contributed by atoms with Gasteiger partial charge < -0.3 is 0 Å². The second kappa shape index (κ2) is 7.97. The summed E-state index contributed by atoms with van der Waals surface area (Å²) in [7, 11) is -3.29. The highest BCUT2D eigenvalue weighted by Crippen LogP contribution is 2.38. The predicted molar refractivity (Wildman–Crippen MR) is 129 cm³/mol. The van der Waals surface area contributed by atoms with E-state index in [1.165, 1.54) is 23.9 Å². The quantitative estimate of drug-likeness (QED) is 0.320. The van der Waals surface area contributed by atoms with Gasteiger partial charge in [0.05, 0.1) is 21.1 Å². The normalized spacial score (nSPS) is 11.8. The van der Waals surface area contributed by atoms with E-state index in [0.29, 0.717) is 25.6 Å². The summed E-state index contributed by atoms with van der Waals surface area (Å²) in [6.07, 6.45) is 4.48. The Bertz CT molecular complexity index is 1590. The van der Waals surface area contributed by atoms with Crippen LogP contribution in [0, 0.1) is 0 Å². The highest BCUT2D eigenvalue weighted by atomic mass is 35.5. The van der Waals surface area contributed by atoms with E-state index in [4.69, 9.17) is 23.2 Å². The molecule has 32 heavy (non-hydrogen) atoms. The molecule has 0 spiro atoms. The van der Waals surface area contributed by atoms with Crippen molar-refractivity contribution >= 4 is 55.3 Å². The monoisotopic (exact) mass is 500 g/mol. The largest absolute Gasteiger partial charge is 0.284 e. The van der Waals surface area contributed by atoms with E-state index in [-0.39, 0.29) is 0 Å². The molecular weight excluding hydrogens is 487 g/mol. The third-order valence-corrected chi connectivity index (χ3v) is 8.41. The summed E-state index contributed by atoms with van der Waals surface area (Å²) in [6.45, 7) is 0. The third kappa shape index (κ3) is 3.80. The summed E-state index contributed by atoms with van der Waals surface area (Å²) in [4.78, 5) is 9.56. The van der Waals surface area contributed by atoms with Crippen LogP contribution in [0.5, 0.6) is 0 Å². The molecule has 0 fully saturated rings. The molecule has 0 radical (unpaired) electrons. The van der Waals surface area contributed by atoms with Crippen LogP contribution in [0.1, 0.15) is 0 Å². The van der Waals surface area contributed by atoms with E-state index >= 15 is 0 Å². The summed E-state index contributed by atoms with van der Waals surface area (Å²) >= 11 is 13.6. The number of hydrogen-bond acceptors (Lipinski definition) is 6. The second-order valence-electron chi connectivity index (χ2n) is 7.12. The van der Waals surface area contributed by atoms with Crippen molar-refractivity contribution in [2.75, 3.05) is 6.26 Å². The predicted octanol–water partition coefficient (Wildman–Crippen LogP) is 6.13. The fraction of sp³-hybridized carbons (Fsp3) is 0.0455. The van der Waals surface area contributed by atoms with E-state index < -0.39 is 9.84 Å². The summed E-state index contributed by atoms with van der Waals surface area (Å²) in [6, 6.07) is 14.5. The molecule has 0 saturated heterocycles. The lowest BCUT2D eigenvalue weighted by Crippen LogP contribution is -1.92. The first-order valence-electron chi connectivity index (χ1n) is 9.36. The van der Waals surface area contributed by atoms with Crippen LogP contribution in [0.3, 0.4) is 0 Å². The lowest BCUT2D eigenvalue weighted by Gasteiger charge is -2.08. The average Bonchev–Trinajstić information content (AvgIpc) is 3.43. The molecule has 160 valence electrons. The number of rotatable bonds is 4. The van der Waals surface area contributed by atoms with Crippen LogP contribution in [0.2, 0.25) is 10.0 Å². The topological polar surface area (TPSA) is 88.6 Å². The van der Waals surface area contributed by atoms with E-state index in [0.717, 1.165) is 32.5 Å². The van der Waals surface area contributed by atoms with Gasteiger partial charge in [-0.1, -0.05) is 29.3 Å². The van der Waals surface area contributed by atoms with Gasteiger partial charge in [-0.3, -0.25) is 5.10 Å². The Balaban J connectivity index is 1.66. The Morgan fingerprint density at radius 2 is 1.78 bits per heavy atom. The van der Waals surface area contributed by atoms with Gasteiger partial charge in [0.2, 0.25) is 0 Å². The molecule has 0 saturated carbocycles. The molecule has 5 aromatic rings. The molecule has 0 bridgehead atoms. The van der Waals surface area contributed by atoms with Gasteiger partial charge in [0.15, 0.2) is 9.84 Å². The van der Waals surface area contributed by atoms with Gasteiger partial charge in [-0.15, -0.1) is 11.3 Å². The molecule has 0 aliphatic carbocycles. The number of nitrogens with zero attached hydrogens (tertiary/aromatic N) is 3. The molecule has 2 aromatic carbocycles. The highest BCUT2D eigenvalue weighted by molar-refractivity contribution is 7.92. The van der Waals surface area contributed by atoms with Crippen molar-refractivity contribution in [3.63, 3.8) is 0 Å². The van der Waals surface area contributed by atoms with Crippen molar-refractivity contribution in [2.24, 2.45) is 0 Å². The van der Waals surface area contributed by atoms with Crippen molar-refractivity contribution in [3.05, 3.63) is 71.1 Å². The van der Waals surface area contributed by atoms with Gasteiger partial charge >= 0.3 is 0 Å². The van der Waals surface area contributed by atoms with Gasteiger partial charge in [0.25, 0.3) is 0 Å². The van der Waals surface area contributed by atoms with E-state index in [9.17, 15) is 8.42 Å². The molecule has 0 atom stereocenters. The Morgan fingerprint density at radius 1 is 0.938 bits per heavy atom. The Morgan fingerprint density at radius 3 is 2.53 bits per heavy atom. The lowest BCUT2D eigenvalue weighted by molar-refractivity contribution is 0.604. The zero-order valence-corrected chi connectivity index (χ0v) is 19.6.